The maximum Gasteiger partial charge on any atom is 0.435 e. The molecule has 2 aromatic rings. The quantitative estimate of drug-likeness (QED) is 0.788. The maximum absolute atomic E-state index is 11.8. The van der Waals surface area contributed by atoms with Gasteiger partial charge in [0.2, 0.25) is 0 Å². The monoisotopic (exact) mass is 260 g/mol. The largest absolute Gasteiger partial charge is 0.464 e. The molecule has 2 rings (SSSR count). The van der Waals surface area contributed by atoms with Gasteiger partial charge in [0.05, 0.1) is 13.3 Å². The van der Waals surface area contributed by atoms with Crippen LogP contribution in [0.15, 0.2) is 42.6 Å². The normalized spacial score (nSPS) is 9.95. The van der Waals surface area contributed by atoms with Crippen molar-refractivity contribution in [3.8, 4) is 0 Å². The fourth-order valence-corrected chi connectivity index (χ4v) is 1.49. The van der Waals surface area contributed by atoms with Crippen LogP contribution in [-0.4, -0.2) is 29.0 Å². The van der Waals surface area contributed by atoms with E-state index in [2.05, 4.69) is 9.84 Å². The van der Waals surface area contributed by atoms with Gasteiger partial charge in [-0.1, -0.05) is 30.3 Å². The maximum atomic E-state index is 11.8. The highest BCUT2D eigenvalue weighted by molar-refractivity contribution is 5.91. The summed E-state index contributed by atoms with van der Waals surface area (Å²) in [6, 6.07) is 10.6. The molecule has 19 heavy (non-hydrogen) atoms. The number of nitrogens with zero attached hydrogens (tertiary/aromatic N) is 2. The van der Waals surface area contributed by atoms with E-state index in [9.17, 15) is 9.59 Å². The lowest BCUT2D eigenvalue weighted by molar-refractivity contribution is 0.0582. The highest BCUT2D eigenvalue weighted by atomic mass is 16.6. The molecule has 0 aliphatic heterocycles. The van der Waals surface area contributed by atoms with Crippen molar-refractivity contribution in [2.24, 2.45) is 0 Å². The van der Waals surface area contributed by atoms with Gasteiger partial charge in [-0.3, -0.25) is 0 Å². The Morgan fingerprint density at radius 1 is 1.21 bits per heavy atom. The number of ether oxygens (including phenoxy) is 2. The van der Waals surface area contributed by atoms with Gasteiger partial charge in [-0.05, 0) is 11.6 Å². The molecule has 0 aliphatic carbocycles. The van der Waals surface area contributed by atoms with E-state index in [0.29, 0.717) is 0 Å². The summed E-state index contributed by atoms with van der Waals surface area (Å²) in [5.41, 5.74) is 0.878. The van der Waals surface area contributed by atoms with Crippen molar-refractivity contribution in [1.29, 1.82) is 0 Å². The number of aromatic nitrogens is 2. The van der Waals surface area contributed by atoms with Crippen molar-refractivity contribution in [2.45, 2.75) is 6.61 Å². The first kappa shape index (κ1) is 12.8. The molecule has 98 valence electrons. The van der Waals surface area contributed by atoms with E-state index in [4.69, 9.17) is 4.74 Å². The summed E-state index contributed by atoms with van der Waals surface area (Å²) in [6.07, 6.45) is 0.602. The summed E-state index contributed by atoms with van der Waals surface area (Å²) in [4.78, 5) is 23.2. The molecule has 0 unspecified atom stereocenters. The van der Waals surface area contributed by atoms with Crippen LogP contribution in [0.1, 0.15) is 16.1 Å². The average Bonchev–Trinajstić information content (AvgIpc) is 2.94. The van der Waals surface area contributed by atoms with Gasteiger partial charge in [0, 0.05) is 0 Å². The third-order valence-corrected chi connectivity index (χ3v) is 2.42. The number of benzene rings is 1. The summed E-state index contributed by atoms with van der Waals surface area (Å²) in [6.45, 7) is 0.111. The van der Waals surface area contributed by atoms with E-state index < -0.39 is 12.1 Å². The molecule has 0 saturated carbocycles. The zero-order chi connectivity index (χ0) is 13.7. The minimum Gasteiger partial charge on any atom is -0.464 e. The molecular formula is C13H12N2O4. The molecule has 1 aromatic carbocycles. The predicted molar refractivity (Wildman–Crippen MR) is 65.6 cm³/mol. The lowest BCUT2D eigenvalue weighted by Crippen LogP contribution is -2.20. The number of esters is 1. The van der Waals surface area contributed by atoms with Crippen LogP contribution in [0, 0.1) is 0 Å². The molecule has 1 heterocycles. The second kappa shape index (κ2) is 5.81. The topological polar surface area (TPSA) is 70.4 Å². The molecule has 0 aliphatic rings. The molecule has 0 bridgehead atoms. The minimum absolute atomic E-state index is 0.0283. The Bertz CT molecular complexity index is 577. The number of hydrogen-bond donors (Lipinski definition) is 0. The number of hydrogen-bond acceptors (Lipinski definition) is 5. The fraction of sp³-hybridized carbons (Fsp3) is 0.154. The summed E-state index contributed by atoms with van der Waals surface area (Å²) < 4.78 is 10.5. The van der Waals surface area contributed by atoms with E-state index in [-0.39, 0.29) is 12.3 Å². The molecule has 0 radical (unpaired) electrons. The van der Waals surface area contributed by atoms with Crippen LogP contribution in [-0.2, 0) is 16.1 Å². The molecule has 0 amide bonds. The first-order chi connectivity index (χ1) is 9.22. The van der Waals surface area contributed by atoms with E-state index in [1.807, 2.05) is 30.3 Å². The third-order valence-electron chi connectivity index (χ3n) is 2.42. The number of carbonyl (C=O) groups is 2. The van der Waals surface area contributed by atoms with Crippen LogP contribution in [0.4, 0.5) is 4.79 Å². The molecular weight excluding hydrogens is 248 g/mol. The van der Waals surface area contributed by atoms with Gasteiger partial charge in [0.15, 0.2) is 5.69 Å². The Labute approximate surface area is 109 Å². The van der Waals surface area contributed by atoms with Gasteiger partial charge in [-0.25, -0.2) is 9.59 Å². The average molecular weight is 260 g/mol. The molecule has 1 aromatic heterocycles. The summed E-state index contributed by atoms with van der Waals surface area (Å²) in [7, 11) is 1.23. The van der Waals surface area contributed by atoms with Crippen molar-refractivity contribution >= 4 is 12.1 Å². The van der Waals surface area contributed by atoms with Gasteiger partial charge in [-0.2, -0.15) is 9.78 Å². The first-order valence-electron chi connectivity index (χ1n) is 5.56. The lowest BCUT2D eigenvalue weighted by atomic mass is 10.2. The summed E-state index contributed by atoms with van der Waals surface area (Å²) in [5, 5.41) is 3.74. The number of methoxy groups -OCH3 is 1. The lowest BCUT2D eigenvalue weighted by Gasteiger charge is -2.06. The Balaban J connectivity index is 2.05. The SMILES string of the molecule is COC(=O)c1ccnn1C(=O)OCc1ccccc1. The van der Waals surface area contributed by atoms with Gasteiger partial charge < -0.3 is 9.47 Å². The Morgan fingerprint density at radius 2 is 1.95 bits per heavy atom. The van der Waals surface area contributed by atoms with E-state index in [0.717, 1.165) is 10.2 Å². The summed E-state index contributed by atoms with van der Waals surface area (Å²) >= 11 is 0. The van der Waals surface area contributed by atoms with Crippen molar-refractivity contribution in [1.82, 2.24) is 9.78 Å². The van der Waals surface area contributed by atoms with Crippen LogP contribution in [0.25, 0.3) is 0 Å². The zero-order valence-electron chi connectivity index (χ0n) is 10.3. The van der Waals surface area contributed by atoms with E-state index in [1.54, 1.807) is 0 Å². The van der Waals surface area contributed by atoms with Crippen LogP contribution in [0.5, 0.6) is 0 Å². The second-order valence-corrected chi connectivity index (χ2v) is 3.66. The Morgan fingerprint density at radius 3 is 2.63 bits per heavy atom. The fourth-order valence-electron chi connectivity index (χ4n) is 1.49. The highest BCUT2D eigenvalue weighted by Gasteiger charge is 2.18. The van der Waals surface area contributed by atoms with Gasteiger partial charge >= 0.3 is 12.1 Å². The molecule has 0 atom stereocenters. The molecule has 0 saturated heterocycles. The van der Waals surface area contributed by atoms with Crippen LogP contribution in [0.2, 0.25) is 0 Å². The summed E-state index contributed by atoms with van der Waals surface area (Å²) in [5.74, 6) is -0.644. The molecule has 0 fully saturated rings. The standard InChI is InChI=1S/C13H12N2O4/c1-18-12(16)11-7-8-14-15(11)13(17)19-9-10-5-3-2-4-6-10/h2-8H,9H2,1H3. The Kier molecular flexibility index (Phi) is 3.92. The van der Waals surface area contributed by atoms with Crippen LogP contribution in [0.3, 0.4) is 0 Å². The Hall–Kier alpha value is -2.63. The van der Waals surface area contributed by atoms with Crippen molar-refractivity contribution < 1.29 is 19.1 Å². The van der Waals surface area contributed by atoms with Crippen molar-refractivity contribution in [3.63, 3.8) is 0 Å². The van der Waals surface area contributed by atoms with Crippen LogP contribution < -0.4 is 0 Å². The molecule has 6 nitrogen and oxygen atoms in total. The highest BCUT2D eigenvalue weighted by Crippen LogP contribution is 2.05. The second-order valence-electron chi connectivity index (χ2n) is 3.66. The molecule has 6 heteroatoms. The third kappa shape index (κ3) is 2.98. The first-order valence-corrected chi connectivity index (χ1v) is 5.56. The zero-order valence-corrected chi connectivity index (χ0v) is 10.3. The predicted octanol–water partition coefficient (Wildman–Crippen LogP) is 1.85. The van der Waals surface area contributed by atoms with Gasteiger partial charge in [-0.15, -0.1) is 0 Å². The van der Waals surface area contributed by atoms with E-state index >= 15 is 0 Å². The number of carbonyl (C=O) groups excluding carboxylic acids is 2. The van der Waals surface area contributed by atoms with Crippen molar-refractivity contribution in [2.75, 3.05) is 7.11 Å². The smallest absolute Gasteiger partial charge is 0.435 e. The number of rotatable bonds is 3. The molecule has 0 N–H and O–H groups in total. The van der Waals surface area contributed by atoms with Gasteiger partial charge in [0.1, 0.15) is 6.61 Å². The van der Waals surface area contributed by atoms with E-state index in [1.165, 1.54) is 19.4 Å². The minimum atomic E-state index is -0.728. The van der Waals surface area contributed by atoms with Crippen LogP contribution >= 0.6 is 0 Å². The van der Waals surface area contributed by atoms with Crippen molar-refractivity contribution in [3.05, 3.63) is 53.9 Å². The van der Waals surface area contributed by atoms with Gasteiger partial charge in [0.25, 0.3) is 0 Å². The molecule has 0 spiro atoms.